The highest BCUT2D eigenvalue weighted by Gasteiger charge is 2.56. The molecule has 1 nitrogen and oxygen atoms in total. The summed E-state index contributed by atoms with van der Waals surface area (Å²) in [5, 5.41) is 10.9. The van der Waals surface area contributed by atoms with Gasteiger partial charge in [0.25, 0.3) is 0 Å². The van der Waals surface area contributed by atoms with Gasteiger partial charge in [0, 0.05) is 0 Å². The molecule has 4 atom stereocenters. The van der Waals surface area contributed by atoms with Crippen LogP contribution in [-0.4, -0.2) is 10.7 Å². The fraction of sp³-hybridized carbons (Fsp3) is 0.625. The van der Waals surface area contributed by atoms with Crippen molar-refractivity contribution in [1.82, 2.24) is 0 Å². The lowest BCUT2D eigenvalue weighted by atomic mass is 9.83. The SMILES string of the molecule is CCC1CCCC1(O)C1CC1c1ccccc1. The van der Waals surface area contributed by atoms with E-state index in [0.29, 0.717) is 17.8 Å². The first-order valence-electron chi connectivity index (χ1n) is 7.03. The quantitative estimate of drug-likeness (QED) is 0.839. The Hall–Kier alpha value is -0.820. The van der Waals surface area contributed by atoms with Crippen LogP contribution in [-0.2, 0) is 0 Å². The molecule has 0 spiro atoms. The maximum Gasteiger partial charge on any atom is 0.0709 e. The molecule has 0 heterocycles. The van der Waals surface area contributed by atoms with Gasteiger partial charge in [-0.25, -0.2) is 0 Å². The van der Waals surface area contributed by atoms with E-state index in [1.165, 1.54) is 24.8 Å². The summed E-state index contributed by atoms with van der Waals surface area (Å²) in [5.74, 6) is 1.69. The number of hydrogen-bond donors (Lipinski definition) is 1. The van der Waals surface area contributed by atoms with Crippen LogP contribution in [0.25, 0.3) is 0 Å². The van der Waals surface area contributed by atoms with E-state index < -0.39 is 0 Å². The zero-order chi connectivity index (χ0) is 11.9. The van der Waals surface area contributed by atoms with Gasteiger partial charge >= 0.3 is 0 Å². The van der Waals surface area contributed by atoms with Crippen molar-refractivity contribution in [3.05, 3.63) is 35.9 Å². The second-order valence-corrected chi connectivity index (χ2v) is 5.85. The van der Waals surface area contributed by atoms with E-state index >= 15 is 0 Å². The first kappa shape index (κ1) is 11.3. The molecule has 0 radical (unpaired) electrons. The zero-order valence-electron chi connectivity index (χ0n) is 10.6. The molecule has 1 aromatic rings. The average Bonchev–Trinajstić information content (AvgIpc) is 3.09. The van der Waals surface area contributed by atoms with Gasteiger partial charge in [-0.2, -0.15) is 0 Å². The van der Waals surface area contributed by atoms with Gasteiger partial charge in [0.2, 0.25) is 0 Å². The van der Waals surface area contributed by atoms with Crippen molar-refractivity contribution in [3.8, 4) is 0 Å². The van der Waals surface area contributed by atoms with Crippen LogP contribution in [0.1, 0.15) is 50.5 Å². The molecule has 2 aliphatic rings. The van der Waals surface area contributed by atoms with E-state index in [0.717, 1.165) is 12.8 Å². The van der Waals surface area contributed by atoms with Crippen molar-refractivity contribution in [2.75, 3.05) is 0 Å². The molecule has 2 saturated carbocycles. The van der Waals surface area contributed by atoms with Gasteiger partial charge in [-0.15, -0.1) is 0 Å². The van der Waals surface area contributed by atoms with Crippen LogP contribution in [0.4, 0.5) is 0 Å². The van der Waals surface area contributed by atoms with E-state index in [-0.39, 0.29) is 5.60 Å². The first-order valence-corrected chi connectivity index (χ1v) is 7.03. The number of rotatable bonds is 3. The zero-order valence-corrected chi connectivity index (χ0v) is 10.6. The van der Waals surface area contributed by atoms with Crippen molar-refractivity contribution in [1.29, 1.82) is 0 Å². The fourth-order valence-corrected chi connectivity index (χ4v) is 3.95. The lowest BCUT2D eigenvalue weighted by Gasteiger charge is -2.30. The lowest BCUT2D eigenvalue weighted by molar-refractivity contribution is -0.0219. The second-order valence-electron chi connectivity index (χ2n) is 5.85. The van der Waals surface area contributed by atoms with Crippen molar-refractivity contribution in [3.63, 3.8) is 0 Å². The molecule has 0 aromatic heterocycles. The van der Waals surface area contributed by atoms with Crippen molar-refractivity contribution in [2.45, 2.75) is 50.5 Å². The molecule has 0 aliphatic heterocycles. The molecule has 4 unspecified atom stereocenters. The highest BCUT2D eigenvalue weighted by molar-refractivity contribution is 5.28. The molecule has 17 heavy (non-hydrogen) atoms. The maximum absolute atomic E-state index is 10.9. The molecule has 0 amide bonds. The number of benzene rings is 1. The van der Waals surface area contributed by atoms with Crippen LogP contribution < -0.4 is 0 Å². The topological polar surface area (TPSA) is 20.2 Å². The van der Waals surface area contributed by atoms with Gasteiger partial charge in [-0.3, -0.25) is 0 Å². The van der Waals surface area contributed by atoms with E-state index in [4.69, 9.17) is 0 Å². The molecule has 1 heteroatoms. The Bertz CT molecular complexity index is 386. The van der Waals surface area contributed by atoms with Gasteiger partial charge in [0.05, 0.1) is 5.60 Å². The Kier molecular flexibility index (Phi) is 2.74. The lowest BCUT2D eigenvalue weighted by Crippen LogP contribution is -2.35. The molecule has 92 valence electrons. The predicted octanol–water partition coefficient (Wildman–Crippen LogP) is 3.73. The molecule has 2 aliphatic carbocycles. The first-order chi connectivity index (χ1) is 8.25. The van der Waals surface area contributed by atoms with Gasteiger partial charge in [0.1, 0.15) is 0 Å². The van der Waals surface area contributed by atoms with Crippen LogP contribution in [0.2, 0.25) is 0 Å². The summed E-state index contributed by atoms with van der Waals surface area (Å²) in [7, 11) is 0. The highest BCUT2D eigenvalue weighted by atomic mass is 16.3. The maximum atomic E-state index is 10.9. The van der Waals surface area contributed by atoms with Crippen LogP contribution in [0.15, 0.2) is 30.3 Å². The Labute approximate surface area is 104 Å². The molecule has 1 aromatic carbocycles. The third-order valence-electron chi connectivity index (χ3n) is 4.99. The van der Waals surface area contributed by atoms with E-state index in [2.05, 4.69) is 37.3 Å². The predicted molar refractivity (Wildman–Crippen MR) is 69.9 cm³/mol. The third kappa shape index (κ3) is 1.81. The summed E-state index contributed by atoms with van der Waals surface area (Å²) in [6, 6.07) is 10.7. The minimum absolute atomic E-state index is 0.352. The Morgan fingerprint density at radius 3 is 2.76 bits per heavy atom. The van der Waals surface area contributed by atoms with Gasteiger partial charge in [-0.05, 0) is 42.6 Å². The molecule has 0 saturated heterocycles. The second kappa shape index (κ2) is 4.13. The molecule has 3 rings (SSSR count). The average molecular weight is 230 g/mol. The Morgan fingerprint density at radius 2 is 2.06 bits per heavy atom. The van der Waals surface area contributed by atoms with Crippen LogP contribution in [0.3, 0.4) is 0 Å². The third-order valence-corrected chi connectivity index (χ3v) is 4.99. The highest BCUT2D eigenvalue weighted by Crippen LogP contribution is 2.60. The smallest absolute Gasteiger partial charge is 0.0709 e. The van der Waals surface area contributed by atoms with Crippen molar-refractivity contribution < 1.29 is 5.11 Å². The Morgan fingerprint density at radius 1 is 1.29 bits per heavy atom. The molecular formula is C16H22O. The number of aliphatic hydroxyl groups is 1. The summed E-state index contributed by atoms with van der Waals surface area (Å²) in [4.78, 5) is 0. The van der Waals surface area contributed by atoms with Gasteiger partial charge in [-0.1, -0.05) is 50.1 Å². The summed E-state index contributed by atoms with van der Waals surface area (Å²) in [6.07, 6.45) is 5.79. The van der Waals surface area contributed by atoms with E-state index in [1.807, 2.05) is 0 Å². The van der Waals surface area contributed by atoms with Crippen LogP contribution in [0, 0.1) is 11.8 Å². The van der Waals surface area contributed by atoms with Crippen LogP contribution >= 0.6 is 0 Å². The summed E-state index contributed by atoms with van der Waals surface area (Å²) in [5.41, 5.74) is 1.07. The normalized spacial score (nSPS) is 40.5. The molecular weight excluding hydrogens is 208 g/mol. The van der Waals surface area contributed by atoms with Gasteiger partial charge < -0.3 is 5.11 Å². The summed E-state index contributed by atoms with van der Waals surface area (Å²) in [6.45, 7) is 2.22. The molecule has 0 bridgehead atoms. The number of hydrogen-bond acceptors (Lipinski definition) is 1. The van der Waals surface area contributed by atoms with Crippen molar-refractivity contribution >= 4 is 0 Å². The minimum Gasteiger partial charge on any atom is -0.389 e. The summed E-state index contributed by atoms with van der Waals surface area (Å²) < 4.78 is 0. The van der Waals surface area contributed by atoms with E-state index in [1.54, 1.807) is 0 Å². The molecule has 2 fully saturated rings. The van der Waals surface area contributed by atoms with Gasteiger partial charge in [0.15, 0.2) is 0 Å². The largest absolute Gasteiger partial charge is 0.389 e. The fourth-order valence-electron chi connectivity index (χ4n) is 3.95. The Balaban J connectivity index is 1.76. The van der Waals surface area contributed by atoms with E-state index in [9.17, 15) is 5.11 Å². The monoisotopic (exact) mass is 230 g/mol. The van der Waals surface area contributed by atoms with Crippen molar-refractivity contribution in [2.24, 2.45) is 11.8 Å². The van der Waals surface area contributed by atoms with Crippen LogP contribution in [0.5, 0.6) is 0 Å². The molecule has 1 N–H and O–H groups in total. The summed E-state index contributed by atoms with van der Waals surface area (Å²) >= 11 is 0. The minimum atomic E-state index is -0.352. The standard InChI is InChI=1S/C16H22O/c1-2-13-9-6-10-16(13,17)15-11-14(15)12-7-4-3-5-8-12/h3-5,7-8,13-15,17H,2,6,9-11H2,1H3.